The van der Waals surface area contributed by atoms with E-state index in [-0.39, 0.29) is 0 Å². The number of thiazole rings is 1. The highest BCUT2D eigenvalue weighted by Gasteiger charge is 2.41. The SMILES string of the molecule is CCCNC1CC2CCCC(C1)N2C(C)c1nc(C)cs1. The number of hydrogen-bond acceptors (Lipinski definition) is 4. The molecule has 2 fully saturated rings. The number of fused-ring (bicyclic) bond motifs is 2. The topological polar surface area (TPSA) is 28.2 Å². The molecule has 0 aromatic carbocycles. The smallest absolute Gasteiger partial charge is 0.110 e. The lowest BCUT2D eigenvalue weighted by atomic mass is 9.80. The zero-order valence-electron chi connectivity index (χ0n) is 13.6. The molecule has 0 spiro atoms. The van der Waals surface area contributed by atoms with Crippen LogP contribution in [-0.4, -0.2) is 34.6 Å². The molecule has 0 radical (unpaired) electrons. The van der Waals surface area contributed by atoms with E-state index in [0.29, 0.717) is 6.04 Å². The van der Waals surface area contributed by atoms with Crippen molar-refractivity contribution in [1.29, 1.82) is 0 Å². The molecule has 4 heteroatoms. The van der Waals surface area contributed by atoms with Crippen LogP contribution in [0.4, 0.5) is 0 Å². The fourth-order valence-electron chi connectivity index (χ4n) is 4.26. The molecule has 3 rings (SSSR count). The molecule has 0 aliphatic carbocycles. The molecule has 1 N–H and O–H groups in total. The monoisotopic (exact) mass is 307 g/mol. The first-order chi connectivity index (χ1) is 10.2. The molecule has 0 amide bonds. The number of aromatic nitrogens is 1. The van der Waals surface area contributed by atoms with E-state index in [1.54, 1.807) is 0 Å². The molecular weight excluding hydrogens is 278 g/mol. The molecule has 2 bridgehead atoms. The van der Waals surface area contributed by atoms with Crippen molar-refractivity contribution in [2.24, 2.45) is 0 Å². The summed E-state index contributed by atoms with van der Waals surface area (Å²) in [6.45, 7) is 7.90. The van der Waals surface area contributed by atoms with Gasteiger partial charge < -0.3 is 5.32 Å². The largest absolute Gasteiger partial charge is 0.314 e. The highest BCUT2D eigenvalue weighted by Crippen LogP contribution is 2.40. The van der Waals surface area contributed by atoms with E-state index in [4.69, 9.17) is 4.98 Å². The maximum absolute atomic E-state index is 4.74. The van der Waals surface area contributed by atoms with Gasteiger partial charge in [0.1, 0.15) is 5.01 Å². The van der Waals surface area contributed by atoms with E-state index in [1.165, 1.54) is 55.8 Å². The van der Waals surface area contributed by atoms with Gasteiger partial charge in [-0.15, -0.1) is 11.3 Å². The summed E-state index contributed by atoms with van der Waals surface area (Å²) >= 11 is 1.84. The van der Waals surface area contributed by atoms with Gasteiger partial charge in [-0.1, -0.05) is 13.3 Å². The Morgan fingerprint density at radius 3 is 2.67 bits per heavy atom. The van der Waals surface area contributed by atoms with E-state index in [9.17, 15) is 0 Å². The Balaban J connectivity index is 1.71. The molecule has 118 valence electrons. The normalized spacial score (nSPS) is 31.3. The molecule has 2 aliphatic heterocycles. The Bertz CT molecular complexity index is 445. The van der Waals surface area contributed by atoms with Gasteiger partial charge in [-0.05, 0) is 52.5 Å². The second-order valence-electron chi connectivity index (χ2n) is 6.81. The van der Waals surface area contributed by atoms with Crippen LogP contribution in [0.2, 0.25) is 0 Å². The molecule has 3 unspecified atom stereocenters. The first-order valence-corrected chi connectivity index (χ1v) is 9.49. The maximum Gasteiger partial charge on any atom is 0.110 e. The predicted molar refractivity (Wildman–Crippen MR) is 89.8 cm³/mol. The Labute approximate surface area is 133 Å². The van der Waals surface area contributed by atoms with Gasteiger partial charge in [0, 0.05) is 29.2 Å². The number of nitrogens with one attached hydrogen (secondary N) is 1. The van der Waals surface area contributed by atoms with E-state index in [2.05, 4.69) is 36.4 Å². The molecule has 1 aromatic heterocycles. The number of piperidine rings is 2. The summed E-state index contributed by atoms with van der Waals surface area (Å²) < 4.78 is 0. The minimum atomic E-state index is 0.492. The molecular formula is C17H29N3S. The van der Waals surface area contributed by atoms with Crippen LogP contribution in [-0.2, 0) is 0 Å². The molecule has 1 aromatic rings. The van der Waals surface area contributed by atoms with Gasteiger partial charge in [0.2, 0.25) is 0 Å². The van der Waals surface area contributed by atoms with Crippen molar-refractivity contribution in [1.82, 2.24) is 15.2 Å². The van der Waals surface area contributed by atoms with Crippen molar-refractivity contribution in [3.8, 4) is 0 Å². The van der Waals surface area contributed by atoms with Crippen molar-refractivity contribution in [2.75, 3.05) is 6.54 Å². The summed E-state index contributed by atoms with van der Waals surface area (Å²) in [5.41, 5.74) is 1.17. The van der Waals surface area contributed by atoms with Gasteiger partial charge >= 0.3 is 0 Å². The average molecular weight is 308 g/mol. The van der Waals surface area contributed by atoms with Gasteiger partial charge in [0.05, 0.1) is 6.04 Å². The van der Waals surface area contributed by atoms with Crippen molar-refractivity contribution in [2.45, 2.75) is 83.5 Å². The number of nitrogens with zero attached hydrogens (tertiary/aromatic N) is 2. The van der Waals surface area contributed by atoms with Crippen LogP contribution < -0.4 is 5.32 Å². The lowest BCUT2D eigenvalue weighted by Gasteiger charge is -2.51. The molecule has 3 nitrogen and oxygen atoms in total. The van der Waals surface area contributed by atoms with Crippen LogP contribution >= 0.6 is 11.3 Å². The summed E-state index contributed by atoms with van der Waals surface area (Å²) in [7, 11) is 0. The van der Waals surface area contributed by atoms with Crippen molar-refractivity contribution < 1.29 is 0 Å². The molecule has 3 heterocycles. The highest BCUT2D eigenvalue weighted by atomic mass is 32.1. The summed E-state index contributed by atoms with van der Waals surface area (Å²) in [5, 5.41) is 7.26. The van der Waals surface area contributed by atoms with E-state index in [1.807, 2.05) is 11.3 Å². The number of aryl methyl sites for hydroxylation is 1. The summed E-state index contributed by atoms with van der Waals surface area (Å²) in [5.74, 6) is 0. The number of hydrogen-bond donors (Lipinski definition) is 1. The lowest BCUT2D eigenvalue weighted by molar-refractivity contribution is -0.00630. The summed E-state index contributed by atoms with van der Waals surface area (Å²) in [6, 6.07) is 2.74. The van der Waals surface area contributed by atoms with Gasteiger partial charge in [0.25, 0.3) is 0 Å². The van der Waals surface area contributed by atoms with Crippen molar-refractivity contribution >= 4 is 11.3 Å². The van der Waals surface area contributed by atoms with Crippen molar-refractivity contribution in [3.05, 3.63) is 16.1 Å². The molecule has 0 saturated carbocycles. The minimum absolute atomic E-state index is 0.492. The van der Waals surface area contributed by atoms with Crippen LogP contribution in [0.5, 0.6) is 0 Å². The van der Waals surface area contributed by atoms with Gasteiger partial charge in [0.15, 0.2) is 0 Å². The third-order valence-corrected chi connectivity index (χ3v) is 6.29. The number of rotatable bonds is 5. The highest BCUT2D eigenvalue weighted by molar-refractivity contribution is 7.09. The quantitative estimate of drug-likeness (QED) is 0.894. The molecule has 21 heavy (non-hydrogen) atoms. The molecule has 2 saturated heterocycles. The van der Waals surface area contributed by atoms with Crippen LogP contribution in [0.3, 0.4) is 0 Å². The third kappa shape index (κ3) is 3.33. The van der Waals surface area contributed by atoms with Gasteiger partial charge in [-0.25, -0.2) is 4.98 Å². The Kier molecular flexibility index (Phi) is 4.97. The van der Waals surface area contributed by atoms with Crippen LogP contribution in [0.1, 0.15) is 69.1 Å². The van der Waals surface area contributed by atoms with Crippen LogP contribution in [0.25, 0.3) is 0 Å². The summed E-state index contributed by atoms with van der Waals surface area (Å²) in [4.78, 5) is 7.54. The zero-order valence-corrected chi connectivity index (χ0v) is 14.5. The average Bonchev–Trinajstić information content (AvgIpc) is 2.90. The van der Waals surface area contributed by atoms with Crippen molar-refractivity contribution in [3.63, 3.8) is 0 Å². The fourth-order valence-corrected chi connectivity index (χ4v) is 5.12. The van der Waals surface area contributed by atoms with Crippen LogP contribution in [0, 0.1) is 6.92 Å². The molecule has 3 atom stereocenters. The predicted octanol–water partition coefficient (Wildman–Crippen LogP) is 3.90. The third-order valence-electron chi connectivity index (χ3n) is 5.16. The summed E-state index contributed by atoms with van der Waals surface area (Å²) in [6.07, 6.45) is 8.04. The maximum atomic E-state index is 4.74. The zero-order chi connectivity index (χ0) is 14.8. The second kappa shape index (κ2) is 6.76. The van der Waals surface area contributed by atoms with Gasteiger partial charge in [-0.2, -0.15) is 0 Å². The Morgan fingerprint density at radius 1 is 1.38 bits per heavy atom. The Hall–Kier alpha value is -0.450. The first kappa shape index (κ1) is 15.4. The second-order valence-corrected chi connectivity index (χ2v) is 7.70. The van der Waals surface area contributed by atoms with Crippen LogP contribution in [0.15, 0.2) is 5.38 Å². The van der Waals surface area contributed by atoms with E-state index < -0.39 is 0 Å². The Morgan fingerprint density at radius 2 is 2.10 bits per heavy atom. The molecule has 2 aliphatic rings. The van der Waals surface area contributed by atoms with E-state index in [0.717, 1.165) is 18.1 Å². The standard InChI is InChI=1S/C17H29N3S/c1-4-8-18-14-9-15-6-5-7-16(10-14)20(15)13(3)17-19-12(2)11-21-17/h11,13-16,18H,4-10H2,1-3H3. The van der Waals surface area contributed by atoms with Gasteiger partial charge in [-0.3, -0.25) is 4.90 Å². The fraction of sp³-hybridized carbons (Fsp3) is 0.824. The lowest BCUT2D eigenvalue weighted by Crippen LogP contribution is -2.56. The minimum Gasteiger partial charge on any atom is -0.314 e. The first-order valence-electron chi connectivity index (χ1n) is 8.62. The van der Waals surface area contributed by atoms with E-state index >= 15 is 0 Å².